The average molecular weight is 734 g/mol. The van der Waals surface area contributed by atoms with Gasteiger partial charge < -0.3 is 9.88 Å². The quantitative estimate of drug-likeness (QED) is 0.181. The highest BCUT2D eigenvalue weighted by molar-refractivity contribution is 7.26. The fourth-order valence-corrected chi connectivity index (χ4v) is 9.68. The minimum atomic E-state index is -0.251. The molecule has 8 aromatic carbocycles. The molecule has 0 bridgehead atoms. The van der Waals surface area contributed by atoms with Crippen molar-refractivity contribution in [1.29, 1.82) is 0 Å². The van der Waals surface area contributed by atoms with Crippen LogP contribution in [0, 0.1) is 0 Å². The van der Waals surface area contributed by atoms with Crippen molar-refractivity contribution in [3.8, 4) is 27.9 Å². The van der Waals surface area contributed by atoms with Gasteiger partial charge in [-0.1, -0.05) is 152 Å². The molecule has 0 spiro atoms. The predicted molar refractivity (Wildman–Crippen MR) is 238 cm³/mol. The van der Waals surface area contributed by atoms with Crippen molar-refractivity contribution < 1.29 is 0 Å². The van der Waals surface area contributed by atoms with E-state index in [1.807, 2.05) is 11.3 Å². The standard InChI is InChI=1S/C52H35N3S/c1-4-15-34(16-5-1)36-19-12-20-38(31-36)52-53-45(35-17-6-2-7-18-35)33-46(54-52)42-25-13-26-43-50-40(24-14-28-49(50)56-51(42)43)37-29-30-48-44(32-37)41-23-10-11-27-47(41)55(48)39-21-8-3-9-22-39/h1-33,52-53H. The molecule has 264 valence electrons. The van der Waals surface area contributed by atoms with Crippen molar-refractivity contribution in [3.63, 3.8) is 0 Å². The molecule has 1 N–H and O–H groups in total. The SMILES string of the molecule is C1=C(c2ccccc2)NC(c2cccc(-c3ccccc3)c2)N=C1c1cccc2c1sc1cccc(-c3ccc4c(c3)c3ccccc3n4-c3ccccc3)c12. The maximum Gasteiger partial charge on any atom is 0.145 e. The molecule has 4 heteroatoms. The van der Waals surface area contributed by atoms with Crippen LogP contribution in [-0.4, -0.2) is 10.3 Å². The average Bonchev–Trinajstić information content (AvgIpc) is 3.83. The van der Waals surface area contributed by atoms with Gasteiger partial charge in [0, 0.05) is 47.9 Å². The molecular weight excluding hydrogens is 699 g/mol. The first-order valence-corrected chi connectivity index (χ1v) is 19.9. The monoisotopic (exact) mass is 733 g/mol. The summed E-state index contributed by atoms with van der Waals surface area (Å²) in [6, 6.07) is 69.8. The molecule has 3 heterocycles. The van der Waals surface area contributed by atoms with Gasteiger partial charge in [-0.2, -0.15) is 0 Å². The van der Waals surface area contributed by atoms with Crippen molar-refractivity contribution in [2.75, 3.05) is 0 Å². The van der Waals surface area contributed by atoms with Crippen LogP contribution in [0.5, 0.6) is 0 Å². The number of nitrogens with one attached hydrogen (secondary N) is 1. The van der Waals surface area contributed by atoms with Gasteiger partial charge in [0.2, 0.25) is 0 Å². The van der Waals surface area contributed by atoms with E-state index in [9.17, 15) is 0 Å². The molecule has 1 aliphatic heterocycles. The Morgan fingerprint density at radius 1 is 0.482 bits per heavy atom. The van der Waals surface area contributed by atoms with E-state index in [-0.39, 0.29) is 6.17 Å². The summed E-state index contributed by atoms with van der Waals surface area (Å²) in [5.41, 5.74) is 13.9. The highest BCUT2D eigenvalue weighted by atomic mass is 32.1. The van der Waals surface area contributed by atoms with Crippen molar-refractivity contribution >= 4 is 64.7 Å². The largest absolute Gasteiger partial charge is 0.360 e. The molecule has 0 fully saturated rings. The van der Waals surface area contributed by atoms with Crippen LogP contribution in [0.3, 0.4) is 0 Å². The van der Waals surface area contributed by atoms with Gasteiger partial charge in [-0.25, -0.2) is 0 Å². The number of aromatic nitrogens is 1. The van der Waals surface area contributed by atoms with Gasteiger partial charge in [0.15, 0.2) is 0 Å². The number of thiophene rings is 1. The Balaban J connectivity index is 1.07. The summed E-state index contributed by atoms with van der Waals surface area (Å²) >= 11 is 1.86. The van der Waals surface area contributed by atoms with Crippen LogP contribution in [-0.2, 0) is 0 Å². The maximum atomic E-state index is 5.46. The number of para-hydroxylation sites is 2. The van der Waals surface area contributed by atoms with Gasteiger partial charge in [0.05, 0.1) is 16.7 Å². The summed E-state index contributed by atoms with van der Waals surface area (Å²) in [5, 5.41) is 8.83. The normalized spacial score (nSPS) is 14.2. The maximum absolute atomic E-state index is 5.46. The zero-order chi connectivity index (χ0) is 37.0. The Bertz CT molecular complexity index is 3150. The molecule has 0 radical (unpaired) electrons. The number of aliphatic imine (C=N–C) groups is 1. The van der Waals surface area contributed by atoms with Crippen LogP contribution in [0.1, 0.15) is 22.9 Å². The zero-order valence-electron chi connectivity index (χ0n) is 30.4. The predicted octanol–water partition coefficient (Wildman–Crippen LogP) is 13.6. The van der Waals surface area contributed by atoms with E-state index in [0.29, 0.717) is 0 Å². The Morgan fingerprint density at radius 2 is 1.14 bits per heavy atom. The summed E-state index contributed by atoms with van der Waals surface area (Å²) in [5.74, 6) is 0. The Morgan fingerprint density at radius 3 is 1.98 bits per heavy atom. The number of benzene rings is 8. The lowest BCUT2D eigenvalue weighted by molar-refractivity contribution is 0.664. The fraction of sp³-hybridized carbons (Fsp3) is 0.0192. The third-order valence-corrected chi connectivity index (χ3v) is 12.2. The molecule has 0 amide bonds. The van der Waals surface area contributed by atoms with Crippen LogP contribution >= 0.6 is 11.3 Å². The van der Waals surface area contributed by atoms with E-state index >= 15 is 0 Å². The Kier molecular flexibility index (Phi) is 7.75. The van der Waals surface area contributed by atoms with Crippen LogP contribution < -0.4 is 5.32 Å². The molecule has 10 aromatic rings. The minimum Gasteiger partial charge on any atom is -0.360 e. The van der Waals surface area contributed by atoms with Gasteiger partial charge >= 0.3 is 0 Å². The van der Waals surface area contributed by atoms with Crippen LogP contribution in [0.2, 0.25) is 0 Å². The molecule has 0 saturated heterocycles. The molecule has 1 unspecified atom stereocenters. The van der Waals surface area contributed by atoms with Gasteiger partial charge in [-0.15, -0.1) is 11.3 Å². The highest BCUT2D eigenvalue weighted by Crippen LogP contribution is 2.44. The van der Waals surface area contributed by atoms with Crippen LogP contribution in [0.25, 0.3) is 75.6 Å². The second kappa shape index (κ2) is 13.4. The van der Waals surface area contributed by atoms with Crippen molar-refractivity contribution in [2.45, 2.75) is 6.17 Å². The lowest BCUT2D eigenvalue weighted by atomic mass is 9.96. The van der Waals surface area contributed by atoms with E-state index in [2.05, 4.69) is 210 Å². The van der Waals surface area contributed by atoms with Gasteiger partial charge in [-0.05, 0) is 81.9 Å². The number of rotatable bonds is 6. The Hall–Kier alpha value is -7.01. The van der Waals surface area contributed by atoms with Crippen LogP contribution in [0.15, 0.2) is 205 Å². The smallest absolute Gasteiger partial charge is 0.145 e. The van der Waals surface area contributed by atoms with E-state index < -0.39 is 0 Å². The molecule has 0 saturated carbocycles. The van der Waals surface area contributed by atoms with Crippen molar-refractivity contribution in [1.82, 2.24) is 9.88 Å². The zero-order valence-corrected chi connectivity index (χ0v) is 31.2. The number of hydrogen-bond donors (Lipinski definition) is 1. The molecule has 3 nitrogen and oxygen atoms in total. The van der Waals surface area contributed by atoms with Gasteiger partial charge in [0.1, 0.15) is 6.17 Å². The summed E-state index contributed by atoms with van der Waals surface area (Å²) in [6.07, 6.45) is 1.97. The molecule has 1 aliphatic rings. The first kappa shape index (κ1) is 32.4. The molecular formula is C52H35N3S. The van der Waals surface area contributed by atoms with E-state index in [1.54, 1.807) is 0 Å². The molecule has 2 aromatic heterocycles. The number of fused-ring (bicyclic) bond motifs is 6. The lowest BCUT2D eigenvalue weighted by Crippen LogP contribution is -2.24. The summed E-state index contributed by atoms with van der Waals surface area (Å²) < 4.78 is 4.90. The summed E-state index contributed by atoms with van der Waals surface area (Å²) in [7, 11) is 0. The minimum absolute atomic E-state index is 0.251. The summed E-state index contributed by atoms with van der Waals surface area (Å²) in [4.78, 5) is 5.46. The van der Waals surface area contributed by atoms with Gasteiger partial charge in [0.25, 0.3) is 0 Å². The van der Waals surface area contributed by atoms with E-state index in [0.717, 1.165) is 28.1 Å². The first-order chi connectivity index (χ1) is 27.8. The fourth-order valence-electron chi connectivity index (χ4n) is 8.43. The third-order valence-electron chi connectivity index (χ3n) is 11.0. The molecule has 0 aliphatic carbocycles. The lowest BCUT2D eigenvalue weighted by Gasteiger charge is -2.25. The first-order valence-electron chi connectivity index (χ1n) is 19.1. The molecule has 56 heavy (non-hydrogen) atoms. The van der Waals surface area contributed by atoms with E-state index in [4.69, 9.17) is 4.99 Å². The second-order valence-corrected chi connectivity index (χ2v) is 15.4. The van der Waals surface area contributed by atoms with Crippen molar-refractivity contribution in [2.24, 2.45) is 4.99 Å². The van der Waals surface area contributed by atoms with E-state index in [1.165, 1.54) is 69.9 Å². The molecule has 11 rings (SSSR count). The number of nitrogens with zero attached hydrogens (tertiary/aromatic N) is 2. The second-order valence-electron chi connectivity index (χ2n) is 14.4. The highest BCUT2D eigenvalue weighted by Gasteiger charge is 2.23. The Labute approximate surface area is 329 Å². The van der Waals surface area contributed by atoms with Crippen molar-refractivity contribution in [3.05, 3.63) is 217 Å². The number of allylic oxidation sites excluding steroid dienone is 1. The molecule has 1 atom stereocenters. The number of hydrogen-bond acceptors (Lipinski definition) is 3. The topological polar surface area (TPSA) is 29.3 Å². The van der Waals surface area contributed by atoms with Crippen LogP contribution in [0.4, 0.5) is 0 Å². The van der Waals surface area contributed by atoms with Gasteiger partial charge in [-0.3, -0.25) is 4.99 Å². The third kappa shape index (κ3) is 5.45. The summed E-state index contributed by atoms with van der Waals surface area (Å²) in [6.45, 7) is 0.